The van der Waals surface area contributed by atoms with Crippen molar-refractivity contribution in [1.29, 1.82) is 5.41 Å². The molecule has 2 aromatic carbocycles. The van der Waals surface area contributed by atoms with Gasteiger partial charge in [0.05, 0.1) is 6.04 Å². The highest BCUT2D eigenvalue weighted by Gasteiger charge is 2.30. The maximum absolute atomic E-state index is 13.6. The van der Waals surface area contributed by atoms with Crippen LogP contribution < -0.4 is 32.7 Å². The molecule has 0 spiro atoms. The van der Waals surface area contributed by atoms with E-state index in [0.717, 1.165) is 22.0 Å². The van der Waals surface area contributed by atoms with Crippen molar-refractivity contribution in [2.24, 2.45) is 11.5 Å². The Hall–Kier alpha value is -4.56. The monoisotopic (exact) mass is 610 g/mol. The van der Waals surface area contributed by atoms with Crippen LogP contribution in [0.1, 0.15) is 24.0 Å². The lowest BCUT2D eigenvalue weighted by Crippen LogP contribution is -2.58. The molecule has 1 aromatic heterocycles. The molecule has 1 heterocycles. The van der Waals surface area contributed by atoms with Crippen LogP contribution in [0.2, 0.25) is 0 Å². The number of carboxylic acid groups (broad SMARTS) is 1. The summed E-state index contributed by atoms with van der Waals surface area (Å²) in [5.74, 6) is -3.58. The first-order valence-electron chi connectivity index (χ1n) is 13.8. The first kappa shape index (κ1) is 32.9. The van der Waals surface area contributed by atoms with Gasteiger partial charge in [-0.3, -0.25) is 19.8 Å². The van der Waals surface area contributed by atoms with Gasteiger partial charge in [-0.2, -0.15) is 12.6 Å². The molecule has 0 radical (unpaired) electrons. The van der Waals surface area contributed by atoms with Gasteiger partial charge in [-0.25, -0.2) is 4.79 Å². The van der Waals surface area contributed by atoms with Crippen molar-refractivity contribution >= 4 is 53.2 Å². The Kier molecular flexibility index (Phi) is 12.4. The van der Waals surface area contributed by atoms with Crippen molar-refractivity contribution in [2.45, 2.75) is 49.9 Å². The number of guanidine groups is 1. The minimum atomic E-state index is -1.28. The van der Waals surface area contributed by atoms with Gasteiger partial charge in [-0.1, -0.05) is 48.5 Å². The summed E-state index contributed by atoms with van der Waals surface area (Å²) in [4.78, 5) is 54.7. The quantitative estimate of drug-likeness (QED) is 0.0459. The molecular formula is C29H38N8O5S. The third kappa shape index (κ3) is 10.0. The van der Waals surface area contributed by atoms with Gasteiger partial charge in [0.15, 0.2) is 5.96 Å². The average molecular weight is 611 g/mol. The number of carbonyl (C=O) groups is 4. The van der Waals surface area contributed by atoms with Gasteiger partial charge >= 0.3 is 5.97 Å². The standard InChI is InChI=1S/C29H38N8O5S/c30-20(13-17-7-2-1-3-8-17)25(38)35-22(11-6-12-33-29(31)32)26(39)36-23(27(40)37-24(16-43)28(41)42)14-18-15-34-21-10-5-4-9-19(18)21/h1-5,7-10,15,20,22-24,34,43H,6,11-14,16,30H2,(H,35,38)(H,36,39)(H,37,40)(H,41,42)(H4,31,32,33)/t20-,22-,23-,24+/m0/s1. The van der Waals surface area contributed by atoms with E-state index in [0.29, 0.717) is 6.42 Å². The molecule has 230 valence electrons. The summed E-state index contributed by atoms with van der Waals surface area (Å²) in [5, 5.41) is 28.1. The predicted octanol–water partition coefficient (Wildman–Crippen LogP) is 0.0125. The fourth-order valence-corrected chi connectivity index (χ4v) is 4.74. The van der Waals surface area contributed by atoms with E-state index >= 15 is 0 Å². The molecule has 0 saturated heterocycles. The highest BCUT2D eigenvalue weighted by Crippen LogP contribution is 2.19. The van der Waals surface area contributed by atoms with E-state index in [2.05, 4.69) is 38.9 Å². The second-order valence-electron chi connectivity index (χ2n) is 10.0. The molecule has 0 saturated carbocycles. The molecule has 0 fully saturated rings. The van der Waals surface area contributed by atoms with Crippen LogP contribution in [0, 0.1) is 5.41 Å². The Morgan fingerprint density at radius 1 is 0.884 bits per heavy atom. The zero-order valence-electron chi connectivity index (χ0n) is 23.5. The predicted molar refractivity (Wildman–Crippen MR) is 167 cm³/mol. The SMILES string of the molecule is N=C(N)NCCC[C@H](NC(=O)[C@@H](N)Cc1ccccc1)C(=O)N[C@@H](Cc1c[nH]c2ccccc12)C(=O)N[C@H](CS)C(=O)O. The normalized spacial score (nSPS) is 13.7. The number of carbonyl (C=O) groups excluding carboxylic acids is 3. The van der Waals surface area contributed by atoms with Crippen molar-refractivity contribution in [3.8, 4) is 0 Å². The molecule has 3 aromatic rings. The smallest absolute Gasteiger partial charge is 0.327 e. The van der Waals surface area contributed by atoms with Gasteiger partial charge in [0, 0.05) is 35.8 Å². The minimum Gasteiger partial charge on any atom is -0.480 e. The molecule has 4 atom stereocenters. The lowest BCUT2D eigenvalue weighted by molar-refractivity contribution is -0.141. The number of aliphatic carboxylic acids is 1. The molecule has 14 heteroatoms. The number of amides is 3. The molecule has 3 rings (SSSR count). The number of nitrogens with one attached hydrogen (secondary N) is 6. The molecule has 0 bridgehead atoms. The molecule has 43 heavy (non-hydrogen) atoms. The fourth-order valence-electron chi connectivity index (χ4n) is 4.50. The van der Waals surface area contributed by atoms with E-state index in [1.165, 1.54) is 0 Å². The number of rotatable bonds is 16. The van der Waals surface area contributed by atoms with Crippen LogP contribution in [0.5, 0.6) is 0 Å². The second kappa shape index (κ2) is 16.2. The van der Waals surface area contributed by atoms with Gasteiger partial charge in [0.1, 0.15) is 18.1 Å². The number of nitrogens with two attached hydrogens (primary N) is 2. The van der Waals surface area contributed by atoms with E-state index in [1.54, 1.807) is 6.20 Å². The van der Waals surface area contributed by atoms with Crippen molar-refractivity contribution in [2.75, 3.05) is 12.3 Å². The fraction of sp³-hybridized carbons (Fsp3) is 0.345. The van der Waals surface area contributed by atoms with Crippen molar-refractivity contribution in [1.82, 2.24) is 26.3 Å². The summed E-state index contributed by atoms with van der Waals surface area (Å²) in [6.07, 6.45) is 2.51. The van der Waals surface area contributed by atoms with Gasteiger partial charge in [-0.15, -0.1) is 0 Å². The van der Waals surface area contributed by atoms with Crippen LogP contribution in [-0.4, -0.2) is 76.2 Å². The Morgan fingerprint density at radius 2 is 1.51 bits per heavy atom. The number of aromatic amines is 1. The number of aromatic nitrogens is 1. The summed E-state index contributed by atoms with van der Waals surface area (Å²) in [7, 11) is 0. The highest BCUT2D eigenvalue weighted by atomic mass is 32.1. The molecule has 13 nitrogen and oxygen atoms in total. The topological polar surface area (TPSA) is 228 Å². The number of H-pyrrole nitrogens is 1. The zero-order chi connectivity index (χ0) is 31.4. The van der Waals surface area contributed by atoms with Crippen molar-refractivity contribution in [3.05, 3.63) is 71.9 Å². The number of fused-ring (bicyclic) bond motifs is 1. The number of hydrogen-bond acceptors (Lipinski definition) is 7. The molecule has 0 aliphatic rings. The van der Waals surface area contributed by atoms with E-state index in [9.17, 15) is 24.3 Å². The molecule has 0 unspecified atom stereocenters. The van der Waals surface area contributed by atoms with Crippen LogP contribution in [0.4, 0.5) is 0 Å². The van der Waals surface area contributed by atoms with Crippen LogP contribution >= 0.6 is 12.6 Å². The van der Waals surface area contributed by atoms with Crippen LogP contribution in [0.25, 0.3) is 10.9 Å². The Labute approximate surface area is 254 Å². The van der Waals surface area contributed by atoms with Crippen molar-refractivity contribution < 1.29 is 24.3 Å². The average Bonchev–Trinajstić information content (AvgIpc) is 3.39. The zero-order valence-corrected chi connectivity index (χ0v) is 24.4. The van der Waals surface area contributed by atoms with E-state index in [1.807, 2.05) is 54.6 Å². The first-order chi connectivity index (χ1) is 20.6. The molecule has 0 aliphatic heterocycles. The van der Waals surface area contributed by atoms with Crippen LogP contribution in [0.3, 0.4) is 0 Å². The minimum absolute atomic E-state index is 0.0422. The Bertz CT molecular complexity index is 1420. The van der Waals surface area contributed by atoms with E-state index in [4.69, 9.17) is 16.9 Å². The molecular weight excluding hydrogens is 572 g/mol. The Balaban J connectivity index is 1.81. The lowest BCUT2D eigenvalue weighted by Gasteiger charge is -2.25. The number of carboxylic acids is 1. The summed E-state index contributed by atoms with van der Waals surface area (Å²) in [6.45, 7) is 0.270. The largest absolute Gasteiger partial charge is 0.480 e. The summed E-state index contributed by atoms with van der Waals surface area (Å²) in [6, 6.07) is 12.2. The number of thiol groups is 1. The van der Waals surface area contributed by atoms with Crippen LogP contribution in [0.15, 0.2) is 60.8 Å². The maximum Gasteiger partial charge on any atom is 0.327 e. The third-order valence-electron chi connectivity index (χ3n) is 6.78. The second-order valence-corrected chi connectivity index (χ2v) is 10.4. The number of hydrogen-bond donors (Lipinski definition) is 10. The molecule has 0 aliphatic carbocycles. The van der Waals surface area contributed by atoms with Crippen LogP contribution in [-0.2, 0) is 32.0 Å². The van der Waals surface area contributed by atoms with Gasteiger partial charge < -0.3 is 42.8 Å². The summed E-state index contributed by atoms with van der Waals surface area (Å²) < 4.78 is 0. The summed E-state index contributed by atoms with van der Waals surface area (Å²) in [5.41, 5.74) is 13.9. The van der Waals surface area contributed by atoms with E-state index in [-0.39, 0.29) is 37.5 Å². The lowest BCUT2D eigenvalue weighted by atomic mass is 10.0. The first-order valence-corrected chi connectivity index (χ1v) is 14.4. The molecule has 11 N–H and O–H groups in total. The number of benzene rings is 2. The van der Waals surface area contributed by atoms with Gasteiger partial charge in [0.2, 0.25) is 17.7 Å². The van der Waals surface area contributed by atoms with E-state index < -0.39 is 47.9 Å². The van der Waals surface area contributed by atoms with Crippen molar-refractivity contribution in [3.63, 3.8) is 0 Å². The van der Waals surface area contributed by atoms with Gasteiger partial charge in [0.25, 0.3) is 0 Å². The van der Waals surface area contributed by atoms with Gasteiger partial charge in [-0.05, 0) is 36.5 Å². The third-order valence-corrected chi connectivity index (χ3v) is 7.15. The highest BCUT2D eigenvalue weighted by molar-refractivity contribution is 7.80. The summed E-state index contributed by atoms with van der Waals surface area (Å²) >= 11 is 4.02. The number of para-hydroxylation sites is 1. The maximum atomic E-state index is 13.6. The Morgan fingerprint density at radius 3 is 2.19 bits per heavy atom. The molecule has 3 amide bonds.